The minimum atomic E-state index is -1.07. The van der Waals surface area contributed by atoms with Gasteiger partial charge in [0.25, 0.3) is 0 Å². The molecule has 8 heteroatoms. The van der Waals surface area contributed by atoms with Crippen LogP contribution in [0.25, 0.3) is 0 Å². The van der Waals surface area contributed by atoms with E-state index in [0.29, 0.717) is 10.6 Å². The predicted molar refractivity (Wildman–Crippen MR) is 107 cm³/mol. The summed E-state index contributed by atoms with van der Waals surface area (Å²) in [5.74, 6) is -2.24. The zero-order valence-electron chi connectivity index (χ0n) is 16.1. The molecule has 0 unspecified atom stereocenters. The maximum absolute atomic E-state index is 14.0. The average molecular weight is 421 g/mol. The summed E-state index contributed by atoms with van der Waals surface area (Å²) in [6, 6.07) is 10.8. The van der Waals surface area contributed by atoms with E-state index in [1.807, 2.05) is 0 Å². The SMILES string of the molecule is COC(=O)[C@@H](Cc1ccccc1Cl)NC(=O)[C@@H](Cc1ccccc1F)NC(C)=O. The van der Waals surface area contributed by atoms with Crippen molar-refractivity contribution < 1.29 is 23.5 Å². The number of hydrogen-bond acceptors (Lipinski definition) is 4. The van der Waals surface area contributed by atoms with Crippen LogP contribution in [0.4, 0.5) is 4.39 Å². The van der Waals surface area contributed by atoms with E-state index in [-0.39, 0.29) is 18.4 Å². The number of halogens is 2. The van der Waals surface area contributed by atoms with Crippen LogP contribution >= 0.6 is 11.6 Å². The van der Waals surface area contributed by atoms with Crippen molar-refractivity contribution in [2.45, 2.75) is 31.8 Å². The van der Waals surface area contributed by atoms with Gasteiger partial charge in [0.05, 0.1) is 7.11 Å². The van der Waals surface area contributed by atoms with Crippen LogP contribution in [0.2, 0.25) is 5.02 Å². The standard InChI is InChI=1S/C21H22ClFN2O4/c1-13(26)24-18(12-15-8-4-6-10-17(15)23)20(27)25-19(21(28)29-2)11-14-7-3-5-9-16(14)22/h3-10,18-19H,11-12H2,1-2H3,(H,24,26)(H,25,27)/t18-,19-/m1/s1. The zero-order chi connectivity index (χ0) is 21.4. The number of ether oxygens (including phenoxy) is 1. The van der Waals surface area contributed by atoms with Gasteiger partial charge < -0.3 is 15.4 Å². The van der Waals surface area contributed by atoms with Gasteiger partial charge in [0, 0.05) is 24.8 Å². The highest BCUT2D eigenvalue weighted by molar-refractivity contribution is 6.31. The number of benzene rings is 2. The number of carbonyl (C=O) groups excluding carboxylic acids is 3. The van der Waals surface area contributed by atoms with E-state index in [1.165, 1.54) is 32.2 Å². The molecule has 2 amide bonds. The van der Waals surface area contributed by atoms with Gasteiger partial charge in [0.15, 0.2) is 0 Å². The number of hydrogen-bond donors (Lipinski definition) is 2. The van der Waals surface area contributed by atoms with E-state index in [2.05, 4.69) is 10.6 Å². The molecule has 0 aliphatic rings. The molecule has 2 atom stereocenters. The first-order valence-corrected chi connectivity index (χ1v) is 9.31. The molecule has 2 rings (SSSR count). The van der Waals surface area contributed by atoms with Crippen LogP contribution in [-0.4, -0.2) is 37.0 Å². The van der Waals surface area contributed by atoms with Crippen LogP contribution in [0, 0.1) is 5.82 Å². The van der Waals surface area contributed by atoms with Gasteiger partial charge in [-0.25, -0.2) is 9.18 Å². The lowest BCUT2D eigenvalue weighted by molar-refractivity contribution is -0.145. The summed E-state index contributed by atoms with van der Waals surface area (Å²) >= 11 is 6.15. The molecule has 0 aliphatic heterocycles. The monoisotopic (exact) mass is 420 g/mol. The molecule has 0 saturated carbocycles. The lowest BCUT2D eigenvalue weighted by Crippen LogP contribution is -2.53. The van der Waals surface area contributed by atoms with Crippen LogP contribution in [0.15, 0.2) is 48.5 Å². The predicted octanol–water partition coefficient (Wildman–Crippen LogP) is 2.43. The van der Waals surface area contributed by atoms with Gasteiger partial charge in [-0.3, -0.25) is 9.59 Å². The smallest absolute Gasteiger partial charge is 0.328 e. The summed E-state index contributed by atoms with van der Waals surface area (Å²) in [7, 11) is 1.21. The molecule has 0 saturated heterocycles. The number of methoxy groups -OCH3 is 1. The van der Waals surface area contributed by atoms with Crippen molar-refractivity contribution in [2.24, 2.45) is 0 Å². The second-order valence-electron chi connectivity index (χ2n) is 6.43. The number of carbonyl (C=O) groups is 3. The van der Waals surface area contributed by atoms with Gasteiger partial charge in [-0.1, -0.05) is 48.0 Å². The molecule has 0 aromatic heterocycles. The first kappa shape index (κ1) is 22.4. The molecule has 29 heavy (non-hydrogen) atoms. The van der Waals surface area contributed by atoms with Crippen LogP contribution in [0.1, 0.15) is 18.1 Å². The molecule has 0 radical (unpaired) electrons. The Kier molecular flexibility index (Phi) is 8.15. The maximum Gasteiger partial charge on any atom is 0.328 e. The summed E-state index contributed by atoms with van der Waals surface area (Å²) in [5.41, 5.74) is 0.914. The minimum Gasteiger partial charge on any atom is -0.467 e. The molecule has 6 nitrogen and oxygen atoms in total. The topological polar surface area (TPSA) is 84.5 Å². The van der Waals surface area contributed by atoms with E-state index in [1.54, 1.807) is 30.3 Å². The third-order valence-corrected chi connectivity index (χ3v) is 4.63. The number of amides is 2. The van der Waals surface area contributed by atoms with Crippen LogP contribution in [0.3, 0.4) is 0 Å². The molecule has 0 heterocycles. The van der Waals surface area contributed by atoms with Crippen molar-refractivity contribution in [2.75, 3.05) is 7.11 Å². The lowest BCUT2D eigenvalue weighted by Gasteiger charge is -2.22. The second kappa shape index (κ2) is 10.6. The molecule has 2 aromatic rings. The fourth-order valence-electron chi connectivity index (χ4n) is 2.83. The third kappa shape index (κ3) is 6.57. The quantitative estimate of drug-likeness (QED) is 0.642. The second-order valence-corrected chi connectivity index (χ2v) is 6.84. The van der Waals surface area contributed by atoms with E-state index in [9.17, 15) is 18.8 Å². The normalized spacial score (nSPS) is 12.6. The lowest BCUT2D eigenvalue weighted by atomic mass is 10.0. The largest absolute Gasteiger partial charge is 0.467 e. The van der Waals surface area contributed by atoms with E-state index in [0.717, 1.165) is 0 Å². The van der Waals surface area contributed by atoms with Gasteiger partial charge in [-0.05, 0) is 23.3 Å². The summed E-state index contributed by atoms with van der Waals surface area (Å²) in [6.07, 6.45) is 0.0304. The highest BCUT2D eigenvalue weighted by Gasteiger charge is 2.28. The molecule has 154 valence electrons. The highest BCUT2D eigenvalue weighted by atomic mass is 35.5. The number of rotatable bonds is 8. The van der Waals surface area contributed by atoms with Crippen molar-refractivity contribution >= 4 is 29.4 Å². The Morgan fingerprint density at radius 3 is 2.14 bits per heavy atom. The van der Waals surface area contributed by atoms with Crippen molar-refractivity contribution in [3.63, 3.8) is 0 Å². The molecular weight excluding hydrogens is 399 g/mol. The first-order chi connectivity index (χ1) is 13.8. The molecule has 0 bridgehead atoms. The van der Waals surface area contributed by atoms with Crippen LogP contribution in [-0.2, 0) is 32.0 Å². The van der Waals surface area contributed by atoms with Gasteiger partial charge in [0.2, 0.25) is 11.8 Å². The zero-order valence-corrected chi connectivity index (χ0v) is 16.8. The molecule has 2 aromatic carbocycles. The van der Waals surface area contributed by atoms with Gasteiger partial charge in [-0.15, -0.1) is 0 Å². The van der Waals surface area contributed by atoms with Crippen molar-refractivity contribution in [1.82, 2.24) is 10.6 Å². The van der Waals surface area contributed by atoms with Gasteiger partial charge in [-0.2, -0.15) is 0 Å². The Bertz CT molecular complexity index is 890. The molecular formula is C21H22ClFN2O4. The Labute approximate surface area is 173 Å². The van der Waals surface area contributed by atoms with Crippen LogP contribution < -0.4 is 10.6 Å². The Balaban J connectivity index is 2.20. The minimum absolute atomic E-state index is 0.0714. The molecule has 0 spiro atoms. The highest BCUT2D eigenvalue weighted by Crippen LogP contribution is 2.17. The Morgan fingerprint density at radius 1 is 0.966 bits per heavy atom. The molecule has 2 N–H and O–H groups in total. The van der Waals surface area contributed by atoms with Gasteiger partial charge >= 0.3 is 5.97 Å². The van der Waals surface area contributed by atoms with Crippen molar-refractivity contribution in [1.29, 1.82) is 0 Å². The fraction of sp³-hybridized carbons (Fsp3) is 0.286. The summed E-state index contributed by atoms with van der Waals surface area (Å²) < 4.78 is 18.8. The van der Waals surface area contributed by atoms with E-state index < -0.39 is 35.7 Å². The fourth-order valence-corrected chi connectivity index (χ4v) is 3.04. The van der Waals surface area contributed by atoms with Crippen molar-refractivity contribution in [3.05, 3.63) is 70.5 Å². The van der Waals surface area contributed by atoms with E-state index in [4.69, 9.17) is 16.3 Å². The number of esters is 1. The Hall–Kier alpha value is -2.93. The third-order valence-electron chi connectivity index (χ3n) is 4.26. The Morgan fingerprint density at radius 2 is 1.55 bits per heavy atom. The number of nitrogens with one attached hydrogen (secondary N) is 2. The maximum atomic E-state index is 14.0. The molecule has 0 aliphatic carbocycles. The average Bonchev–Trinajstić information content (AvgIpc) is 2.69. The van der Waals surface area contributed by atoms with Crippen LogP contribution in [0.5, 0.6) is 0 Å². The summed E-state index contributed by atoms with van der Waals surface area (Å²) in [6.45, 7) is 1.25. The first-order valence-electron chi connectivity index (χ1n) is 8.94. The summed E-state index contributed by atoms with van der Waals surface area (Å²) in [5, 5.41) is 5.52. The summed E-state index contributed by atoms with van der Waals surface area (Å²) in [4.78, 5) is 36.6. The van der Waals surface area contributed by atoms with Gasteiger partial charge in [0.1, 0.15) is 17.9 Å². The van der Waals surface area contributed by atoms with E-state index >= 15 is 0 Å². The van der Waals surface area contributed by atoms with Crippen molar-refractivity contribution in [3.8, 4) is 0 Å². The molecule has 0 fully saturated rings.